The molecule has 0 bridgehead atoms. The topological polar surface area (TPSA) is 20.2 Å². The Labute approximate surface area is 187 Å². The molecule has 3 aliphatic carbocycles. The van der Waals surface area contributed by atoms with Crippen LogP contribution in [0.15, 0.2) is 59.3 Å². The van der Waals surface area contributed by atoms with Gasteiger partial charge in [-0.3, -0.25) is 0 Å². The number of allylic oxidation sites excluding steroid dienone is 8. The van der Waals surface area contributed by atoms with E-state index >= 15 is 0 Å². The minimum Gasteiger partial charge on any atom is -0.386 e. The van der Waals surface area contributed by atoms with Gasteiger partial charge in [-0.25, -0.2) is 8.78 Å². The SMILES string of the molecule is C=C1C(=CC=C2CCCC3(C)C(CCC=CC(O)(CC)CC)=CCC23)CC(F)CC1F. The second-order valence-corrected chi connectivity index (χ2v) is 10.0. The molecule has 0 spiro atoms. The zero-order valence-corrected chi connectivity index (χ0v) is 19.6. The van der Waals surface area contributed by atoms with Crippen molar-refractivity contribution in [2.75, 3.05) is 0 Å². The molecule has 0 aromatic carbocycles. The number of alkyl halides is 2. The summed E-state index contributed by atoms with van der Waals surface area (Å²) < 4.78 is 27.9. The number of hydrogen-bond donors (Lipinski definition) is 1. The highest BCUT2D eigenvalue weighted by Crippen LogP contribution is 2.55. The van der Waals surface area contributed by atoms with Crippen LogP contribution in [0.25, 0.3) is 0 Å². The van der Waals surface area contributed by atoms with Gasteiger partial charge in [-0.2, -0.15) is 0 Å². The summed E-state index contributed by atoms with van der Waals surface area (Å²) in [7, 11) is 0. The molecule has 0 radical (unpaired) electrons. The summed E-state index contributed by atoms with van der Waals surface area (Å²) in [6.45, 7) is 10.3. The predicted molar refractivity (Wildman–Crippen MR) is 126 cm³/mol. The van der Waals surface area contributed by atoms with Gasteiger partial charge in [0.1, 0.15) is 12.3 Å². The molecule has 3 aliphatic rings. The molecule has 4 unspecified atom stereocenters. The van der Waals surface area contributed by atoms with Gasteiger partial charge in [0.15, 0.2) is 0 Å². The summed E-state index contributed by atoms with van der Waals surface area (Å²) in [6, 6.07) is 0. The van der Waals surface area contributed by atoms with Gasteiger partial charge in [0.25, 0.3) is 0 Å². The Balaban J connectivity index is 1.68. The standard InChI is InChI=1S/C28H40F2O/c1-5-28(31,6-2)17-8-7-11-23-14-15-25-21(10-9-16-27(23,25)4)12-13-22-18-24(29)19-26(30)20(22)3/h8,12-14,17,24-26,31H,3,5-7,9-11,15-16,18-19H2,1-2,4H3. The van der Waals surface area contributed by atoms with Crippen LogP contribution in [0.4, 0.5) is 8.78 Å². The van der Waals surface area contributed by atoms with Crippen molar-refractivity contribution >= 4 is 0 Å². The lowest BCUT2D eigenvalue weighted by atomic mass is 9.63. The number of hydrogen-bond acceptors (Lipinski definition) is 1. The van der Waals surface area contributed by atoms with Gasteiger partial charge in [-0.05, 0) is 73.8 Å². The van der Waals surface area contributed by atoms with E-state index in [4.69, 9.17) is 0 Å². The van der Waals surface area contributed by atoms with Crippen LogP contribution >= 0.6 is 0 Å². The zero-order chi connectivity index (χ0) is 22.6. The summed E-state index contributed by atoms with van der Waals surface area (Å²) in [6.07, 6.45) is 16.4. The molecular weight excluding hydrogens is 390 g/mol. The number of aliphatic hydroxyl groups is 1. The average molecular weight is 431 g/mol. The van der Waals surface area contributed by atoms with E-state index in [9.17, 15) is 13.9 Å². The Bertz CT molecular complexity index is 783. The van der Waals surface area contributed by atoms with Crippen LogP contribution in [0.5, 0.6) is 0 Å². The highest BCUT2D eigenvalue weighted by molar-refractivity contribution is 5.40. The van der Waals surface area contributed by atoms with E-state index in [1.54, 1.807) is 0 Å². The Hall–Kier alpha value is -1.48. The molecular formula is C28H40F2O. The Kier molecular flexibility index (Phi) is 7.78. The molecule has 31 heavy (non-hydrogen) atoms. The third-order valence-corrected chi connectivity index (χ3v) is 8.14. The smallest absolute Gasteiger partial charge is 0.128 e. The first-order chi connectivity index (χ1) is 14.7. The molecule has 0 amide bonds. The van der Waals surface area contributed by atoms with Crippen molar-refractivity contribution in [1.29, 1.82) is 0 Å². The van der Waals surface area contributed by atoms with Gasteiger partial charge in [-0.15, -0.1) is 0 Å². The van der Waals surface area contributed by atoms with E-state index in [-0.39, 0.29) is 18.3 Å². The largest absolute Gasteiger partial charge is 0.386 e. The second-order valence-electron chi connectivity index (χ2n) is 10.0. The fourth-order valence-electron chi connectivity index (χ4n) is 5.72. The van der Waals surface area contributed by atoms with Crippen molar-refractivity contribution in [2.24, 2.45) is 11.3 Å². The molecule has 3 rings (SSSR count). The third-order valence-electron chi connectivity index (χ3n) is 8.14. The zero-order valence-electron chi connectivity index (χ0n) is 19.6. The van der Waals surface area contributed by atoms with Gasteiger partial charge < -0.3 is 5.11 Å². The maximum Gasteiger partial charge on any atom is 0.128 e. The van der Waals surface area contributed by atoms with E-state index in [2.05, 4.69) is 31.7 Å². The van der Waals surface area contributed by atoms with Crippen LogP contribution in [0.2, 0.25) is 0 Å². The fraction of sp³-hybridized carbons (Fsp3) is 0.643. The number of fused-ring (bicyclic) bond motifs is 1. The molecule has 0 aliphatic heterocycles. The van der Waals surface area contributed by atoms with Crippen molar-refractivity contribution in [1.82, 2.24) is 0 Å². The summed E-state index contributed by atoms with van der Waals surface area (Å²) >= 11 is 0. The second kappa shape index (κ2) is 9.98. The molecule has 1 nitrogen and oxygen atoms in total. The lowest BCUT2D eigenvalue weighted by Gasteiger charge is -2.41. The summed E-state index contributed by atoms with van der Waals surface area (Å²) in [5.74, 6) is 0.486. The molecule has 1 N–H and O–H groups in total. The summed E-state index contributed by atoms with van der Waals surface area (Å²) in [4.78, 5) is 0. The molecule has 3 heteroatoms. The van der Waals surface area contributed by atoms with Gasteiger partial charge in [0.2, 0.25) is 0 Å². The Morgan fingerprint density at radius 2 is 2.00 bits per heavy atom. The van der Waals surface area contributed by atoms with Gasteiger partial charge in [0.05, 0.1) is 5.60 Å². The van der Waals surface area contributed by atoms with Gasteiger partial charge in [0, 0.05) is 12.8 Å². The van der Waals surface area contributed by atoms with E-state index in [0.29, 0.717) is 11.5 Å². The average Bonchev–Trinajstić information content (AvgIpc) is 3.09. The summed E-state index contributed by atoms with van der Waals surface area (Å²) in [5.41, 5.74) is 3.65. The maximum atomic E-state index is 14.0. The van der Waals surface area contributed by atoms with Crippen molar-refractivity contribution < 1.29 is 13.9 Å². The first kappa shape index (κ1) is 24.2. The van der Waals surface area contributed by atoms with E-state index in [0.717, 1.165) is 50.5 Å². The van der Waals surface area contributed by atoms with E-state index < -0.39 is 17.9 Å². The van der Waals surface area contributed by atoms with Crippen LogP contribution < -0.4 is 0 Å². The van der Waals surface area contributed by atoms with Gasteiger partial charge in [-0.1, -0.05) is 68.9 Å². The van der Waals surface area contributed by atoms with Crippen molar-refractivity contribution in [3.8, 4) is 0 Å². The molecule has 2 fully saturated rings. The molecule has 4 atom stereocenters. The lowest BCUT2D eigenvalue weighted by Crippen LogP contribution is -2.30. The molecule has 0 aromatic heterocycles. The maximum absolute atomic E-state index is 14.0. The van der Waals surface area contributed by atoms with E-state index in [1.165, 1.54) is 17.6 Å². The van der Waals surface area contributed by atoms with Crippen LogP contribution in [-0.4, -0.2) is 23.1 Å². The monoisotopic (exact) mass is 430 g/mol. The molecule has 2 saturated carbocycles. The minimum atomic E-state index is -1.25. The lowest BCUT2D eigenvalue weighted by molar-refractivity contribution is 0.0825. The Morgan fingerprint density at radius 1 is 1.26 bits per heavy atom. The van der Waals surface area contributed by atoms with Gasteiger partial charge >= 0.3 is 0 Å². The molecule has 0 aromatic rings. The Morgan fingerprint density at radius 3 is 2.71 bits per heavy atom. The van der Waals surface area contributed by atoms with Crippen LogP contribution in [0.3, 0.4) is 0 Å². The normalized spacial score (nSPS) is 34.6. The third kappa shape index (κ3) is 5.30. The summed E-state index contributed by atoms with van der Waals surface area (Å²) in [5, 5.41) is 10.4. The van der Waals surface area contributed by atoms with Crippen molar-refractivity contribution in [2.45, 2.75) is 103 Å². The van der Waals surface area contributed by atoms with Crippen molar-refractivity contribution in [3.05, 3.63) is 59.3 Å². The van der Waals surface area contributed by atoms with Crippen LogP contribution in [-0.2, 0) is 0 Å². The van der Waals surface area contributed by atoms with Crippen LogP contribution in [0, 0.1) is 11.3 Å². The first-order valence-electron chi connectivity index (χ1n) is 12.2. The van der Waals surface area contributed by atoms with Crippen molar-refractivity contribution in [3.63, 3.8) is 0 Å². The highest BCUT2D eigenvalue weighted by atomic mass is 19.1. The molecule has 0 saturated heterocycles. The predicted octanol–water partition coefficient (Wildman–Crippen LogP) is 7.89. The minimum absolute atomic E-state index is 0.0525. The molecule has 0 heterocycles. The van der Waals surface area contributed by atoms with E-state index in [1.807, 2.05) is 26.0 Å². The first-order valence-corrected chi connectivity index (χ1v) is 12.2. The van der Waals surface area contributed by atoms with Crippen LogP contribution in [0.1, 0.15) is 85.0 Å². The fourth-order valence-corrected chi connectivity index (χ4v) is 5.72. The number of rotatable bonds is 7. The molecule has 172 valence electrons. The number of halogens is 2. The quantitative estimate of drug-likeness (QED) is 0.407. The highest BCUT2D eigenvalue weighted by Gasteiger charge is 2.44.